The average Bonchev–Trinajstić information content (AvgIpc) is 2.82. The number of aliphatic carboxylic acids is 1. The molecule has 8 nitrogen and oxygen atoms in total. The quantitative estimate of drug-likeness (QED) is 0.490. The second kappa shape index (κ2) is 8.90. The Kier molecular flexibility index (Phi) is 7.16. The molecular formula is C12H17N3O5S. The van der Waals surface area contributed by atoms with Gasteiger partial charge in [-0.15, -0.1) is 11.3 Å². The van der Waals surface area contributed by atoms with Crippen molar-refractivity contribution in [2.75, 3.05) is 18.5 Å². The Bertz CT molecular complexity index is 503. The number of hydrogen-bond donors (Lipinski definition) is 3. The van der Waals surface area contributed by atoms with Crippen molar-refractivity contribution < 1.29 is 24.2 Å². The van der Waals surface area contributed by atoms with Gasteiger partial charge in [-0.3, -0.25) is 14.9 Å². The topological polar surface area (TPSA) is 118 Å². The number of nitrogens with one attached hydrogen (secondary N) is 2. The molecule has 0 spiro atoms. The Morgan fingerprint density at radius 2 is 2.19 bits per heavy atom. The van der Waals surface area contributed by atoms with Gasteiger partial charge in [0.05, 0.1) is 18.7 Å². The van der Waals surface area contributed by atoms with Crippen LogP contribution in [0.5, 0.6) is 0 Å². The number of nitrogens with zero attached hydrogens (tertiary/aromatic N) is 1. The van der Waals surface area contributed by atoms with Gasteiger partial charge in [0.2, 0.25) is 0 Å². The normalized spacial score (nSPS) is 9.95. The molecule has 9 heteroatoms. The van der Waals surface area contributed by atoms with E-state index in [1.165, 1.54) is 11.3 Å². The standard InChI is InChI=1S/C12H17N3O5S/c1-2-20-10(18)6-8-7-21-12(14-8)15-11(19)13-5-3-4-9(16)17/h7H,2-6H2,1H3,(H,16,17)(H2,13,14,15,19). The molecule has 0 aliphatic carbocycles. The molecule has 2 amide bonds. The van der Waals surface area contributed by atoms with Gasteiger partial charge in [-0.05, 0) is 13.3 Å². The monoisotopic (exact) mass is 315 g/mol. The van der Waals surface area contributed by atoms with Gasteiger partial charge in [0, 0.05) is 18.3 Å². The number of carbonyl (C=O) groups is 3. The molecule has 0 unspecified atom stereocenters. The second-order valence-electron chi connectivity index (χ2n) is 4.00. The largest absolute Gasteiger partial charge is 0.481 e. The van der Waals surface area contributed by atoms with E-state index in [9.17, 15) is 14.4 Å². The van der Waals surface area contributed by atoms with E-state index in [0.29, 0.717) is 23.9 Å². The molecule has 0 aromatic carbocycles. The van der Waals surface area contributed by atoms with Crippen molar-refractivity contribution in [1.29, 1.82) is 0 Å². The highest BCUT2D eigenvalue weighted by atomic mass is 32.1. The van der Waals surface area contributed by atoms with Crippen LogP contribution in [0.25, 0.3) is 0 Å². The van der Waals surface area contributed by atoms with Crippen molar-refractivity contribution in [2.24, 2.45) is 0 Å². The Balaban J connectivity index is 2.31. The van der Waals surface area contributed by atoms with Crippen molar-refractivity contribution in [3.05, 3.63) is 11.1 Å². The van der Waals surface area contributed by atoms with Crippen molar-refractivity contribution in [2.45, 2.75) is 26.2 Å². The summed E-state index contributed by atoms with van der Waals surface area (Å²) in [6.45, 7) is 2.30. The fourth-order valence-corrected chi connectivity index (χ4v) is 2.09. The number of carbonyl (C=O) groups excluding carboxylic acids is 2. The summed E-state index contributed by atoms with van der Waals surface area (Å²) in [5.74, 6) is -1.27. The van der Waals surface area contributed by atoms with Gasteiger partial charge in [0.1, 0.15) is 0 Å². The van der Waals surface area contributed by atoms with Crippen molar-refractivity contribution in [3.63, 3.8) is 0 Å². The SMILES string of the molecule is CCOC(=O)Cc1csc(NC(=O)NCCCC(=O)O)n1. The lowest BCUT2D eigenvalue weighted by molar-refractivity contribution is -0.142. The summed E-state index contributed by atoms with van der Waals surface area (Å²) >= 11 is 1.20. The Morgan fingerprint density at radius 1 is 1.43 bits per heavy atom. The first-order valence-corrected chi connectivity index (χ1v) is 7.26. The zero-order valence-corrected chi connectivity index (χ0v) is 12.4. The number of aromatic nitrogens is 1. The van der Waals surface area contributed by atoms with E-state index in [2.05, 4.69) is 15.6 Å². The molecule has 1 aromatic heterocycles. The number of carboxylic acids is 1. The maximum Gasteiger partial charge on any atom is 0.321 e. The molecule has 0 radical (unpaired) electrons. The molecule has 1 heterocycles. The molecule has 0 aliphatic heterocycles. The van der Waals surface area contributed by atoms with Crippen LogP contribution in [0.3, 0.4) is 0 Å². The van der Waals surface area contributed by atoms with E-state index in [0.717, 1.165) is 0 Å². The van der Waals surface area contributed by atoms with E-state index in [1.807, 2.05) is 0 Å². The number of amides is 2. The number of hydrogen-bond acceptors (Lipinski definition) is 6. The molecule has 1 aromatic rings. The zero-order chi connectivity index (χ0) is 15.7. The van der Waals surface area contributed by atoms with E-state index in [4.69, 9.17) is 9.84 Å². The molecular weight excluding hydrogens is 298 g/mol. The molecule has 0 aliphatic rings. The smallest absolute Gasteiger partial charge is 0.321 e. The molecule has 0 saturated heterocycles. The lowest BCUT2D eigenvalue weighted by atomic mass is 10.3. The highest BCUT2D eigenvalue weighted by molar-refractivity contribution is 7.13. The third-order valence-electron chi connectivity index (χ3n) is 2.26. The lowest BCUT2D eigenvalue weighted by Gasteiger charge is -2.04. The van der Waals surface area contributed by atoms with Crippen LogP contribution in [0.15, 0.2) is 5.38 Å². The highest BCUT2D eigenvalue weighted by Crippen LogP contribution is 2.15. The number of carboxylic acid groups (broad SMARTS) is 1. The van der Waals surface area contributed by atoms with E-state index in [-0.39, 0.29) is 25.4 Å². The average molecular weight is 315 g/mol. The zero-order valence-electron chi connectivity index (χ0n) is 11.5. The predicted octanol–water partition coefficient (Wildman–Crippen LogP) is 1.24. The minimum atomic E-state index is -0.902. The van der Waals surface area contributed by atoms with Gasteiger partial charge in [-0.25, -0.2) is 9.78 Å². The van der Waals surface area contributed by atoms with Crippen LogP contribution in [-0.4, -0.2) is 41.2 Å². The number of esters is 1. The molecule has 21 heavy (non-hydrogen) atoms. The van der Waals surface area contributed by atoms with Crippen molar-refractivity contribution in [3.8, 4) is 0 Å². The van der Waals surface area contributed by atoms with Crippen molar-refractivity contribution >= 4 is 34.4 Å². The second-order valence-corrected chi connectivity index (χ2v) is 4.86. The molecule has 0 bridgehead atoms. The number of thiazole rings is 1. The molecule has 1 rings (SSSR count). The third-order valence-corrected chi connectivity index (χ3v) is 3.06. The summed E-state index contributed by atoms with van der Waals surface area (Å²) in [4.78, 5) is 37.1. The van der Waals surface area contributed by atoms with Gasteiger partial charge < -0.3 is 15.2 Å². The van der Waals surface area contributed by atoms with Crippen LogP contribution in [0.4, 0.5) is 9.93 Å². The molecule has 0 atom stereocenters. The van der Waals surface area contributed by atoms with Crippen LogP contribution >= 0.6 is 11.3 Å². The summed E-state index contributed by atoms with van der Waals surface area (Å²) in [7, 11) is 0. The maximum atomic E-state index is 11.5. The van der Waals surface area contributed by atoms with Crippen molar-refractivity contribution in [1.82, 2.24) is 10.3 Å². The van der Waals surface area contributed by atoms with Crippen LogP contribution in [0, 0.1) is 0 Å². The van der Waals surface area contributed by atoms with Gasteiger partial charge in [0.25, 0.3) is 0 Å². The minimum Gasteiger partial charge on any atom is -0.481 e. The summed E-state index contributed by atoms with van der Waals surface area (Å²) < 4.78 is 4.80. The predicted molar refractivity (Wildman–Crippen MR) is 76.3 cm³/mol. The van der Waals surface area contributed by atoms with Crippen LogP contribution in [0.2, 0.25) is 0 Å². The summed E-state index contributed by atoms with van der Waals surface area (Å²) in [6, 6.07) is -0.461. The summed E-state index contributed by atoms with van der Waals surface area (Å²) in [5.41, 5.74) is 0.527. The number of anilines is 1. The number of rotatable bonds is 8. The first-order chi connectivity index (χ1) is 10.0. The number of urea groups is 1. The van der Waals surface area contributed by atoms with Gasteiger partial charge in [-0.1, -0.05) is 0 Å². The van der Waals surface area contributed by atoms with Crippen LogP contribution < -0.4 is 10.6 Å². The first-order valence-electron chi connectivity index (χ1n) is 6.38. The van der Waals surface area contributed by atoms with E-state index in [1.54, 1.807) is 12.3 Å². The maximum absolute atomic E-state index is 11.5. The molecule has 3 N–H and O–H groups in total. The van der Waals surface area contributed by atoms with E-state index >= 15 is 0 Å². The first kappa shape index (κ1) is 16.9. The fraction of sp³-hybridized carbons (Fsp3) is 0.500. The molecule has 0 saturated carbocycles. The van der Waals surface area contributed by atoms with Gasteiger partial charge >= 0.3 is 18.0 Å². The summed E-state index contributed by atoms with van der Waals surface area (Å²) in [6.07, 6.45) is 0.419. The molecule has 0 fully saturated rings. The number of ether oxygens (including phenoxy) is 1. The van der Waals surface area contributed by atoms with Gasteiger partial charge in [-0.2, -0.15) is 0 Å². The fourth-order valence-electron chi connectivity index (χ4n) is 1.39. The minimum absolute atomic E-state index is 0.00121. The Labute approximate surface area is 125 Å². The Morgan fingerprint density at radius 3 is 2.86 bits per heavy atom. The molecule has 116 valence electrons. The third kappa shape index (κ3) is 7.25. The van der Waals surface area contributed by atoms with Crippen LogP contribution in [-0.2, 0) is 20.7 Å². The lowest BCUT2D eigenvalue weighted by Crippen LogP contribution is -2.29. The summed E-state index contributed by atoms with van der Waals surface area (Å²) in [5, 5.41) is 15.5. The van der Waals surface area contributed by atoms with Crippen LogP contribution in [0.1, 0.15) is 25.5 Å². The Hall–Kier alpha value is -2.16. The highest BCUT2D eigenvalue weighted by Gasteiger charge is 2.10. The van der Waals surface area contributed by atoms with Gasteiger partial charge in [0.15, 0.2) is 5.13 Å². The van der Waals surface area contributed by atoms with E-state index < -0.39 is 12.0 Å².